The number of aryl methyl sites for hydroxylation is 1. The van der Waals surface area contributed by atoms with Crippen LogP contribution in [-0.4, -0.2) is 14.9 Å². The average molecular weight is 250 g/mol. The Hall–Kier alpha value is -0.830. The predicted molar refractivity (Wildman–Crippen MR) is 73.2 cm³/mol. The predicted octanol–water partition coefficient (Wildman–Crippen LogP) is 3.33. The summed E-state index contributed by atoms with van der Waals surface area (Å²) in [7, 11) is 0. The van der Waals surface area contributed by atoms with Gasteiger partial charge in [-0.1, -0.05) is 20.3 Å². The molecule has 102 valence electrons. The van der Waals surface area contributed by atoms with Crippen LogP contribution in [0.1, 0.15) is 58.4 Å². The standard InChI is InChI=1S/C15H26N2O/c1-4-17-11-14(10-16-17)15(18)7-5-6-13(9-15)8-12(2)3/h10-13,18H,4-9H2,1-3H3. The fourth-order valence-electron chi connectivity index (χ4n) is 3.27. The van der Waals surface area contributed by atoms with Gasteiger partial charge in [0, 0.05) is 18.3 Å². The SMILES string of the molecule is CCn1cc(C2(O)CCCC(CC(C)C)C2)cn1. The lowest BCUT2D eigenvalue weighted by Gasteiger charge is -2.37. The van der Waals surface area contributed by atoms with Crippen molar-refractivity contribution in [3.8, 4) is 0 Å². The van der Waals surface area contributed by atoms with E-state index in [2.05, 4.69) is 25.9 Å². The Bertz CT molecular complexity index is 386. The summed E-state index contributed by atoms with van der Waals surface area (Å²) in [5.74, 6) is 1.38. The molecule has 2 rings (SSSR count). The number of hydrogen-bond acceptors (Lipinski definition) is 2. The Morgan fingerprint density at radius 1 is 1.56 bits per heavy atom. The number of aromatic nitrogens is 2. The first-order valence-electron chi connectivity index (χ1n) is 7.29. The maximum Gasteiger partial charge on any atom is 0.0929 e. The molecule has 2 unspecified atom stereocenters. The van der Waals surface area contributed by atoms with Crippen molar-refractivity contribution in [2.45, 2.75) is 65.0 Å². The number of hydrogen-bond donors (Lipinski definition) is 1. The maximum absolute atomic E-state index is 10.9. The highest BCUT2D eigenvalue weighted by Gasteiger charge is 2.36. The molecule has 1 saturated carbocycles. The molecule has 0 aliphatic heterocycles. The van der Waals surface area contributed by atoms with Gasteiger partial charge in [-0.3, -0.25) is 4.68 Å². The van der Waals surface area contributed by atoms with E-state index in [1.165, 1.54) is 12.8 Å². The van der Waals surface area contributed by atoms with Crippen LogP contribution in [-0.2, 0) is 12.1 Å². The van der Waals surface area contributed by atoms with Crippen molar-refractivity contribution >= 4 is 0 Å². The van der Waals surface area contributed by atoms with Gasteiger partial charge in [0.2, 0.25) is 0 Å². The van der Waals surface area contributed by atoms with Crippen molar-refractivity contribution in [2.75, 3.05) is 0 Å². The van der Waals surface area contributed by atoms with Crippen molar-refractivity contribution in [2.24, 2.45) is 11.8 Å². The van der Waals surface area contributed by atoms with E-state index >= 15 is 0 Å². The lowest BCUT2D eigenvalue weighted by Crippen LogP contribution is -2.32. The minimum Gasteiger partial charge on any atom is -0.385 e. The largest absolute Gasteiger partial charge is 0.385 e. The molecule has 0 aromatic carbocycles. The highest BCUT2D eigenvalue weighted by atomic mass is 16.3. The zero-order valence-corrected chi connectivity index (χ0v) is 11.9. The summed E-state index contributed by atoms with van der Waals surface area (Å²) >= 11 is 0. The van der Waals surface area contributed by atoms with Crippen LogP contribution in [0.15, 0.2) is 12.4 Å². The molecule has 0 radical (unpaired) electrons. The lowest BCUT2D eigenvalue weighted by molar-refractivity contribution is -0.0245. The maximum atomic E-state index is 10.9. The molecule has 1 aromatic rings. The minimum atomic E-state index is -0.634. The van der Waals surface area contributed by atoms with Crippen molar-refractivity contribution in [1.82, 2.24) is 9.78 Å². The van der Waals surface area contributed by atoms with Crippen LogP contribution in [0.4, 0.5) is 0 Å². The van der Waals surface area contributed by atoms with E-state index in [-0.39, 0.29) is 0 Å². The summed E-state index contributed by atoms with van der Waals surface area (Å²) < 4.78 is 1.90. The van der Waals surface area contributed by atoms with Crippen LogP contribution in [0, 0.1) is 11.8 Å². The normalized spacial score (nSPS) is 28.8. The van der Waals surface area contributed by atoms with Gasteiger partial charge >= 0.3 is 0 Å². The Morgan fingerprint density at radius 2 is 2.33 bits per heavy atom. The van der Waals surface area contributed by atoms with Gasteiger partial charge < -0.3 is 5.11 Å². The molecule has 3 nitrogen and oxygen atoms in total. The summed E-state index contributed by atoms with van der Waals surface area (Å²) in [6.45, 7) is 7.47. The topological polar surface area (TPSA) is 38.0 Å². The molecule has 1 heterocycles. The molecule has 2 atom stereocenters. The van der Waals surface area contributed by atoms with Crippen LogP contribution < -0.4 is 0 Å². The molecule has 1 N–H and O–H groups in total. The molecular formula is C15H26N2O. The molecule has 0 spiro atoms. The highest BCUT2D eigenvalue weighted by Crippen LogP contribution is 2.41. The zero-order chi connectivity index (χ0) is 13.2. The fraction of sp³-hybridized carbons (Fsp3) is 0.800. The van der Waals surface area contributed by atoms with E-state index in [0.717, 1.165) is 37.3 Å². The van der Waals surface area contributed by atoms with Gasteiger partial charge in [0.05, 0.1) is 11.8 Å². The molecular weight excluding hydrogens is 224 g/mol. The van der Waals surface area contributed by atoms with Crippen LogP contribution in [0.25, 0.3) is 0 Å². The van der Waals surface area contributed by atoms with Crippen molar-refractivity contribution in [3.63, 3.8) is 0 Å². The number of aliphatic hydroxyl groups is 1. The van der Waals surface area contributed by atoms with E-state index in [1.54, 1.807) is 0 Å². The summed E-state index contributed by atoms with van der Waals surface area (Å²) in [6.07, 6.45) is 9.27. The first-order valence-corrected chi connectivity index (χ1v) is 7.29. The number of rotatable bonds is 4. The second-order valence-corrected chi connectivity index (χ2v) is 6.21. The van der Waals surface area contributed by atoms with Crippen LogP contribution in [0.3, 0.4) is 0 Å². The van der Waals surface area contributed by atoms with Gasteiger partial charge in [0.1, 0.15) is 0 Å². The van der Waals surface area contributed by atoms with Gasteiger partial charge in [-0.2, -0.15) is 5.10 Å². The monoisotopic (exact) mass is 250 g/mol. The van der Waals surface area contributed by atoms with Gasteiger partial charge in [0.25, 0.3) is 0 Å². The molecule has 1 fully saturated rings. The molecule has 1 aliphatic rings. The van der Waals surface area contributed by atoms with Gasteiger partial charge in [-0.25, -0.2) is 0 Å². The molecule has 0 saturated heterocycles. The average Bonchev–Trinajstić information content (AvgIpc) is 2.77. The smallest absolute Gasteiger partial charge is 0.0929 e. The van der Waals surface area contributed by atoms with Gasteiger partial charge in [-0.15, -0.1) is 0 Å². The van der Waals surface area contributed by atoms with Crippen molar-refractivity contribution in [3.05, 3.63) is 18.0 Å². The second-order valence-electron chi connectivity index (χ2n) is 6.21. The molecule has 0 bridgehead atoms. The third-order valence-electron chi connectivity index (χ3n) is 4.13. The third-order valence-corrected chi connectivity index (χ3v) is 4.13. The zero-order valence-electron chi connectivity index (χ0n) is 11.9. The Labute approximate surface area is 110 Å². The quantitative estimate of drug-likeness (QED) is 0.890. The van der Waals surface area contributed by atoms with Crippen LogP contribution >= 0.6 is 0 Å². The van der Waals surface area contributed by atoms with E-state index in [9.17, 15) is 5.11 Å². The Balaban J connectivity index is 2.09. The van der Waals surface area contributed by atoms with Crippen molar-refractivity contribution < 1.29 is 5.11 Å². The summed E-state index contributed by atoms with van der Waals surface area (Å²) in [5.41, 5.74) is 0.378. The molecule has 0 amide bonds. The molecule has 1 aliphatic carbocycles. The summed E-state index contributed by atoms with van der Waals surface area (Å²) in [5, 5.41) is 15.2. The van der Waals surface area contributed by atoms with E-state index in [4.69, 9.17) is 0 Å². The highest BCUT2D eigenvalue weighted by molar-refractivity contribution is 5.16. The van der Waals surface area contributed by atoms with Crippen molar-refractivity contribution in [1.29, 1.82) is 0 Å². The van der Waals surface area contributed by atoms with E-state index < -0.39 is 5.60 Å². The molecule has 18 heavy (non-hydrogen) atoms. The molecule has 3 heteroatoms. The Morgan fingerprint density at radius 3 is 2.94 bits per heavy atom. The van der Waals surface area contributed by atoms with Gasteiger partial charge in [-0.05, 0) is 44.4 Å². The second kappa shape index (κ2) is 5.43. The molecule has 1 aromatic heterocycles. The summed E-state index contributed by atoms with van der Waals surface area (Å²) in [4.78, 5) is 0. The van der Waals surface area contributed by atoms with Gasteiger partial charge in [0.15, 0.2) is 0 Å². The van der Waals surface area contributed by atoms with E-state index in [0.29, 0.717) is 5.92 Å². The fourth-order valence-corrected chi connectivity index (χ4v) is 3.27. The number of nitrogens with zero attached hydrogens (tertiary/aromatic N) is 2. The van der Waals surface area contributed by atoms with Crippen LogP contribution in [0.2, 0.25) is 0 Å². The van der Waals surface area contributed by atoms with E-state index in [1.807, 2.05) is 17.1 Å². The third kappa shape index (κ3) is 2.94. The Kier molecular flexibility index (Phi) is 4.10. The summed E-state index contributed by atoms with van der Waals surface area (Å²) in [6, 6.07) is 0. The lowest BCUT2D eigenvalue weighted by atomic mass is 9.73. The first kappa shape index (κ1) is 13.6. The van der Waals surface area contributed by atoms with Crippen LogP contribution in [0.5, 0.6) is 0 Å². The first-order chi connectivity index (χ1) is 8.53. The minimum absolute atomic E-state index is 0.634.